The van der Waals surface area contributed by atoms with Crippen LogP contribution < -0.4 is 26.7 Å². The molecule has 402 valence electrons. The van der Waals surface area contributed by atoms with Gasteiger partial charge in [0, 0.05) is 4.47 Å². The molecule has 3 saturated heterocycles. The van der Waals surface area contributed by atoms with E-state index in [2.05, 4.69) is 37.2 Å². The van der Waals surface area contributed by atoms with Crippen LogP contribution in [0.15, 0.2) is 40.9 Å². The maximum atomic E-state index is 12.4. The molecule has 0 aromatic heterocycles. The number of amides is 4. The second-order valence-electron chi connectivity index (χ2n) is 24.8. The molecule has 72 heavy (non-hydrogen) atoms. The van der Waals surface area contributed by atoms with E-state index < -0.39 is 79.1 Å². The molecule has 0 bridgehead atoms. The number of rotatable bonds is 6. The summed E-state index contributed by atoms with van der Waals surface area (Å²) in [6.45, 7) is 45.3. The van der Waals surface area contributed by atoms with Gasteiger partial charge >= 0.3 is 45.5 Å². The van der Waals surface area contributed by atoms with Crippen molar-refractivity contribution in [3.63, 3.8) is 0 Å². The lowest BCUT2D eigenvalue weighted by molar-refractivity contribution is 0.00578. The molecule has 0 aliphatic carbocycles. The second-order valence-corrected chi connectivity index (χ2v) is 25.8. The van der Waals surface area contributed by atoms with Crippen molar-refractivity contribution < 1.29 is 66.1 Å². The van der Waals surface area contributed by atoms with E-state index >= 15 is 0 Å². The molecule has 5 rings (SSSR count). The van der Waals surface area contributed by atoms with E-state index in [9.17, 15) is 19.2 Å². The maximum Gasteiger partial charge on any atom is 0.494 e. The molecule has 0 unspecified atom stereocenters. The van der Waals surface area contributed by atoms with Crippen LogP contribution in [0.3, 0.4) is 0 Å². The number of anilines is 4. The minimum atomic E-state index is -0.674. The lowest BCUT2D eigenvalue weighted by Gasteiger charge is -2.32. The summed E-state index contributed by atoms with van der Waals surface area (Å²) >= 11 is 3.33. The number of hydrogen-bond donors (Lipinski definition) is 4. The number of nitrogens with one attached hydrogen (secondary N) is 4. The van der Waals surface area contributed by atoms with Crippen molar-refractivity contribution in [1.29, 1.82) is 0 Å². The Hall–Kier alpha value is -4.05. The summed E-state index contributed by atoms with van der Waals surface area (Å²) in [5.74, 6) is 0. The van der Waals surface area contributed by atoms with Crippen LogP contribution in [-0.2, 0) is 46.9 Å². The molecule has 0 radical (unpaired) electrons. The number of carbonyl (C=O) groups excluding carboxylic acids is 4. The highest BCUT2D eigenvalue weighted by Crippen LogP contribution is 2.43. The summed E-state index contributed by atoms with van der Waals surface area (Å²) < 4.78 is 57.9. The number of carbonyl (C=O) groups is 4. The zero-order chi connectivity index (χ0) is 55.6. The highest BCUT2D eigenvalue weighted by molar-refractivity contribution is 9.10. The summed E-state index contributed by atoms with van der Waals surface area (Å²) in [6.07, 6.45) is -2.50. The first kappa shape index (κ1) is 62.3. The Morgan fingerprint density at radius 1 is 0.403 bits per heavy atom. The van der Waals surface area contributed by atoms with Gasteiger partial charge in [-0.05, 0) is 202 Å². The third-order valence-electron chi connectivity index (χ3n) is 11.9. The predicted molar refractivity (Wildman–Crippen MR) is 288 cm³/mol. The van der Waals surface area contributed by atoms with Gasteiger partial charge in [0.1, 0.15) is 22.4 Å². The Bertz CT molecular complexity index is 2180. The minimum Gasteiger partial charge on any atom is -0.444 e. The molecule has 18 nitrogen and oxygen atoms in total. The average molecular weight is 1080 g/mol. The molecular weight excluding hydrogens is 993 g/mol. The molecule has 0 spiro atoms. The van der Waals surface area contributed by atoms with Crippen molar-refractivity contribution in [2.24, 2.45) is 0 Å². The molecule has 3 fully saturated rings. The van der Waals surface area contributed by atoms with E-state index in [4.69, 9.17) is 46.9 Å². The van der Waals surface area contributed by atoms with Crippen LogP contribution in [-0.4, -0.2) is 102 Å². The summed E-state index contributed by atoms with van der Waals surface area (Å²) in [7, 11) is -1.58. The summed E-state index contributed by atoms with van der Waals surface area (Å²) in [4.78, 5) is 48.5. The zero-order valence-corrected chi connectivity index (χ0v) is 48.9. The number of hydrogen-bond acceptors (Lipinski definition) is 14. The first-order valence-corrected chi connectivity index (χ1v) is 24.9. The Morgan fingerprint density at radius 2 is 0.653 bits per heavy atom. The molecule has 2 aromatic rings. The van der Waals surface area contributed by atoms with E-state index in [-0.39, 0.29) is 22.4 Å². The van der Waals surface area contributed by atoms with E-state index in [1.165, 1.54) is 0 Å². The molecule has 3 heterocycles. The van der Waals surface area contributed by atoms with Gasteiger partial charge in [-0.3, -0.25) is 21.3 Å². The Kier molecular flexibility index (Phi) is 19.1. The summed E-state index contributed by atoms with van der Waals surface area (Å²) in [6, 6.07) is 10.2. The van der Waals surface area contributed by atoms with Crippen molar-refractivity contribution in [2.75, 3.05) is 21.3 Å². The summed E-state index contributed by atoms with van der Waals surface area (Å²) in [5.41, 5.74) is -2.82. The fraction of sp³-hybridized carbons (Fsp3) is 0.680. The van der Waals surface area contributed by atoms with Crippen molar-refractivity contribution >= 4 is 89.7 Å². The predicted octanol–water partition coefficient (Wildman–Crippen LogP) is 12.1. The van der Waals surface area contributed by atoms with Crippen molar-refractivity contribution in [2.45, 2.75) is 222 Å². The lowest BCUT2D eigenvalue weighted by atomic mass is 9.49. The lowest BCUT2D eigenvalue weighted by Crippen LogP contribution is -2.41. The Labute approximate surface area is 438 Å². The zero-order valence-electron chi connectivity index (χ0n) is 47.3. The first-order valence-electron chi connectivity index (χ1n) is 24.1. The van der Waals surface area contributed by atoms with E-state index in [1.54, 1.807) is 119 Å². The maximum absolute atomic E-state index is 12.4. The van der Waals surface area contributed by atoms with Gasteiger partial charge in [0.25, 0.3) is 0 Å². The van der Waals surface area contributed by atoms with Gasteiger partial charge in [-0.25, -0.2) is 19.2 Å². The van der Waals surface area contributed by atoms with E-state index in [0.29, 0.717) is 28.2 Å². The van der Waals surface area contributed by atoms with Crippen LogP contribution >= 0.6 is 15.9 Å². The van der Waals surface area contributed by atoms with E-state index in [1.807, 2.05) is 83.1 Å². The van der Waals surface area contributed by atoms with Crippen LogP contribution in [0.25, 0.3) is 0 Å². The van der Waals surface area contributed by atoms with Gasteiger partial charge in [0.2, 0.25) is 0 Å². The number of halogens is 1. The molecule has 2 aromatic carbocycles. The number of ether oxygens (including phenoxy) is 4. The van der Waals surface area contributed by atoms with Crippen LogP contribution in [0.2, 0.25) is 0 Å². The SMILES string of the molecule is CC(C)(C)OC(=O)Nc1ccc(B2OC(C)(C)C(C)(C)O2)cc1NC(=O)OC(C)(C)C.CC(C)(C)OC(=O)Nc1ccc(Br)cc1NC(=O)OC(C)(C)C.CC1(C)OB(B2OC(C)(C)C(C)(C)O2)OC1(C)C. The highest BCUT2D eigenvalue weighted by Gasteiger charge is 2.63. The molecule has 4 amide bonds. The van der Waals surface area contributed by atoms with Gasteiger partial charge in [0.15, 0.2) is 0 Å². The van der Waals surface area contributed by atoms with Crippen molar-refractivity contribution in [3.05, 3.63) is 40.9 Å². The Balaban J connectivity index is 0.000000296. The average Bonchev–Trinajstić information content (AvgIpc) is 3.60. The Morgan fingerprint density at radius 3 is 0.944 bits per heavy atom. The number of benzene rings is 2. The van der Waals surface area contributed by atoms with E-state index in [0.717, 1.165) is 4.47 Å². The second kappa shape index (κ2) is 22.0. The van der Waals surface area contributed by atoms with Gasteiger partial charge in [-0.15, -0.1) is 0 Å². The van der Waals surface area contributed by atoms with Crippen molar-refractivity contribution in [3.8, 4) is 0 Å². The van der Waals surface area contributed by atoms with Gasteiger partial charge < -0.3 is 46.9 Å². The summed E-state index contributed by atoms with van der Waals surface area (Å²) in [5, 5.41) is 10.6. The topological polar surface area (TPSA) is 209 Å². The smallest absolute Gasteiger partial charge is 0.444 e. The molecule has 0 atom stereocenters. The monoisotopic (exact) mass is 1070 g/mol. The van der Waals surface area contributed by atoms with Gasteiger partial charge in [0.05, 0.1) is 56.4 Å². The van der Waals surface area contributed by atoms with Gasteiger partial charge in [-0.2, -0.15) is 0 Å². The molecule has 0 saturated carbocycles. The minimum absolute atomic E-state index is 0.340. The molecule has 3 aliphatic rings. The molecule has 3 aliphatic heterocycles. The standard InChI is InChI=1S/C22H35BN2O6.C16H23BrN2O4.C12H24B2O4/c1-19(2,3)28-17(26)24-15-12-11-14(23-30-21(7,8)22(9,10)31-23)13-16(15)25-18(27)29-20(4,5)6;1-15(2,3)22-13(20)18-11-8-7-10(17)9-12(11)19-14(21)23-16(4,5)6;1-9(2)10(3,4)16-13(15-9)14-17-11(5,6)12(7,8)18-14/h11-13H,1-10H3,(H,24,26)(H,25,27);7-9H,1-6H3,(H,18,20)(H,19,21);1-8H3. The van der Waals surface area contributed by atoms with Crippen molar-refractivity contribution in [1.82, 2.24) is 0 Å². The fourth-order valence-electron chi connectivity index (χ4n) is 6.28. The molecule has 22 heteroatoms. The van der Waals surface area contributed by atoms with Crippen LogP contribution in [0, 0.1) is 0 Å². The van der Waals surface area contributed by atoms with Crippen LogP contribution in [0.1, 0.15) is 166 Å². The first-order chi connectivity index (χ1) is 32.1. The third-order valence-corrected chi connectivity index (χ3v) is 12.4. The van der Waals surface area contributed by atoms with Crippen LogP contribution in [0.4, 0.5) is 41.9 Å². The quantitative estimate of drug-likeness (QED) is 0.157. The third kappa shape index (κ3) is 18.4. The largest absolute Gasteiger partial charge is 0.494 e. The van der Waals surface area contributed by atoms with Gasteiger partial charge in [-0.1, -0.05) is 22.0 Å². The highest BCUT2D eigenvalue weighted by atomic mass is 79.9. The molecule has 4 N–H and O–H groups in total. The fourth-order valence-corrected chi connectivity index (χ4v) is 6.64. The molecular formula is C50H82B3BrN4O14. The van der Waals surface area contributed by atoms with Crippen LogP contribution in [0.5, 0.6) is 0 Å². The normalized spacial score (nSPS) is 19.4.